The van der Waals surface area contributed by atoms with Crippen LogP contribution < -0.4 is 0 Å². The third kappa shape index (κ3) is 2.72. The summed E-state index contributed by atoms with van der Waals surface area (Å²) in [6.45, 7) is 1.92. The molecule has 1 saturated carbocycles. The first-order valence-electron chi connectivity index (χ1n) is 8.73. The molecule has 1 amide bonds. The van der Waals surface area contributed by atoms with Crippen molar-refractivity contribution in [1.29, 1.82) is 0 Å². The van der Waals surface area contributed by atoms with E-state index in [1.165, 1.54) is 10.5 Å². The molecule has 3 fully saturated rings. The maximum Gasteiger partial charge on any atom is 0.282 e. The average molecular weight is 338 g/mol. The molecular formula is C17H24F2N4O. The van der Waals surface area contributed by atoms with Gasteiger partial charge in [-0.25, -0.2) is 8.78 Å². The second-order valence-corrected chi connectivity index (χ2v) is 7.84. The maximum absolute atomic E-state index is 13.1. The Morgan fingerprint density at radius 1 is 1.33 bits per heavy atom. The number of likely N-dealkylation sites (tertiary alicyclic amines) is 2. The van der Waals surface area contributed by atoms with Crippen molar-refractivity contribution in [3.05, 3.63) is 18.0 Å². The van der Waals surface area contributed by atoms with Gasteiger partial charge in [-0.15, -0.1) is 0 Å². The van der Waals surface area contributed by atoms with E-state index in [0.29, 0.717) is 0 Å². The highest BCUT2D eigenvalue weighted by Crippen LogP contribution is 2.51. The number of rotatable bonds is 3. The van der Waals surface area contributed by atoms with Crippen molar-refractivity contribution < 1.29 is 13.6 Å². The van der Waals surface area contributed by atoms with Crippen LogP contribution in [0.2, 0.25) is 0 Å². The number of hydrogen-bond acceptors (Lipinski definition) is 3. The van der Waals surface area contributed by atoms with Crippen LogP contribution in [0.1, 0.15) is 31.2 Å². The Labute approximate surface area is 140 Å². The zero-order valence-corrected chi connectivity index (χ0v) is 14.0. The molecule has 4 rings (SSSR count). The SMILES string of the molecule is Cn1cc(CN2CC[C@@]3(CCC[C@H]3C(=O)N3CC(F)(F)C3)C2)cn1. The van der Waals surface area contributed by atoms with E-state index < -0.39 is 19.0 Å². The van der Waals surface area contributed by atoms with Gasteiger partial charge < -0.3 is 4.90 Å². The van der Waals surface area contributed by atoms with E-state index in [1.807, 2.05) is 19.4 Å². The molecule has 3 heterocycles. The van der Waals surface area contributed by atoms with Gasteiger partial charge in [0.2, 0.25) is 5.91 Å². The highest BCUT2D eigenvalue weighted by Gasteiger charge is 2.55. The van der Waals surface area contributed by atoms with E-state index in [0.717, 1.165) is 45.3 Å². The van der Waals surface area contributed by atoms with Crippen LogP contribution in [-0.2, 0) is 18.4 Å². The predicted octanol–water partition coefficient (Wildman–Crippen LogP) is 1.89. The standard InChI is InChI=1S/C17H24F2N4O/c1-21-8-13(7-20-21)9-22-6-5-16(10-22)4-2-3-14(16)15(24)23-11-17(18,19)12-23/h7-8,14H,2-6,9-12H2,1H3/t14-,16-/m0/s1. The van der Waals surface area contributed by atoms with Gasteiger partial charge in [0.25, 0.3) is 5.92 Å². The number of carbonyl (C=O) groups is 1. The van der Waals surface area contributed by atoms with Gasteiger partial charge in [0, 0.05) is 37.8 Å². The number of aromatic nitrogens is 2. The lowest BCUT2D eigenvalue weighted by atomic mass is 9.76. The molecule has 0 bridgehead atoms. The van der Waals surface area contributed by atoms with Gasteiger partial charge in [0.05, 0.1) is 19.3 Å². The molecule has 1 aliphatic carbocycles. The Morgan fingerprint density at radius 2 is 2.12 bits per heavy atom. The summed E-state index contributed by atoms with van der Waals surface area (Å²) in [5, 5.41) is 4.20. The van der Waals surface area contributed by atoms with Crippen molar-refractivity contribution in [2.75, 3.05) is 26.2 Å². The number of halogens is 2. The molecular weight excluding hydrogens is 314 g/mol. The molecule has 0 radical (unpaired) electrons. The molecule has 1 spiro atoms. The van der Waals surface area contributed by atoms with Gasteiger partial charge >= 0.3 is 0 Å². The molecule has 2 aliphatic heterocycles. The predicted molar refractivity (Wildman–Crippen MR) is 84.4 cm³/mol. The Morgan fingerprint density at radius 3 is 2.79 bits per heavy atom. The molecule has 24 heavy (non-hydrogen) atoms. The molecule has 132 valence electrons. The van der Waals surface area contributed by atoms with Gasteiger partial charge in [0.15, 0.2) is 0 Å². The normalized spacial score (nSPS) is 32.5. The highest BCUT2D eigenvalue weighted by molar-refractivity contribution is 5.81. The average Bonchev–Trinajstić information content (AvgIpc) is 3.19. The van der Waals surface area contributed by atoms with Crippen molar-refractivity contribution in [1.82, 2.24) is 19.6 Å². The third-order valence-corrected chi connectivity index (χ3v) is 5.99. The van der Waals surface area contributed by atoms with Gasteiger partial charge in [-0.2, -0.15) is 5.10 Å². The molecule has 0 unspecified atom stereocenters. The molecule has 0 aromatic carbocycles. The van der Waals surface area contributed by atoms with Crippen LogP contribution in [0, 0.1) is 11.3 Å². The molecule has 2 saturated heterocycles. The minimum Gasteiger partial charge on any atom is -0.330 e. The zero-order valence-electron chi connectivity index (χ0n) is 14.0. The number of carbonyl (C=O) groups excluding carboxylic acids is 1. The van der Waals surface area contributed by atoms with Crippen molar-refractivity contribution in [2.24, 2.45) is 18.4 Å². The zero-order chi connectivity index (χ0) is 16.9. The summed E-state index contributed by atoms with van der Waals surface area (Å²) in [6, 6.07) is 0. The minimum absolute atomic E-state index is 0.00975. The van der Waals surface area contributed by atoms with E-state index in [2.05, 4.69) is 10.00 Å². The first-order chi connectivity index (χ1) is 11.4. The van der Waals surface area contributed by atoms with Crippen LogP contribution in [0.4, 0.5) is 8.78 Å². The lowest BCUT2D eigenvalue weighted by Crippen LogP contribution is -2.60. The smallest absolute Gasteiger partial charge is 0.282 e. The van der Waals surface area contributed by atoms with Crippen molar-refractivity contribution in [2.45, 2.75) is 38.2 Å². The van der Waals surface area contributed by atoms with Gasteiger partial charge in [-0.3, -0.25) is 14.4 Å². The molecule has 0 N–H and O–H groups in total. The number of hydrogen-bond donors (Lipinski definition) is 0. The van der Waals surface area contributed by atoms with Gasteiger partial charge in [-0.1, -0.05) is 6.42 Å². The van der Waals surface area contributed by atoms with Gasteiger partial charge in [0.1, 0.15) is 0 Å². The molecule has 5 nitrogen and oxygen atoms in total. The molecule has 1 aromatic heterocycles. The lowest BCUT2D eigenvalue weighted by Gasteiger charge is -2.42. The number of amides is 1. The summed E-state index contributed by atoms with van der Waals surface area (Å²) in [6.07, 6.45) is 7.81. The summed E-state index contributed by atoms with van der Waals surface area (Å²) in [5.74, 6) is -2.79. The quantitative estimate of drug-likeness (QED) is 0.845. The second kappa shape index (κ2) is 5.51. The fraction of sp³-hybridized carbons (Fsp3) is 0.765. The Bertz CT molecular complexity index is 638. The Kier molecular flexibility index (Phi) is 3.67. The Hall–Kier alpha value is -1.50. The number of nitrogens with zero attached hydrogens (tertiary/aromatic N) is 4. The van der Waals surface area contributed by atoms with E-state index in [4.69, 9.17) is 0 Å². The summed E-state index contributed by atoms with van der Waals surface area (Å²) in [7, 11) is 1.91. The maximum atomic E-state index is 13.1. The topological polar surface area (TPSA) is 41.4 Å². The van der Waals surface area contributed by atoms with Crippen LogP contribution in [0.5, 0.6) is 0 Å². The number of aryl methyl sites for hydroxylation is 1. The van der Waals surface area contributed by atoms with Crippen LogP contribution in [0.15, 0.2) is 12.4 Å². The third-order valence-electron chi connectivity index (χ3n) is 5.99. The van der Waals surface area contributed by atoms with E-state index in [9.17, 15) is 13.6 Å². The monoisotopic (exact) mass is 338 g/mol. The van der Waals surface area contributed by atoms with Crippen LogP contribution >= 0.6 is 0 Å². The summed E-state index contributed by atoms with van der Waals surface area (Å²) in [5.41, 5.74) is 1.17. The minimum atomic E-state index is -2.68. The van der Waals surface area contributed by atoms with E-state index in [-0.39, 0.29) is 17.2 Å². The highest BCUT2D eigenvalue weighted by atomic mass is 19.3. The van der Waals surface area contributed by atoms with Crippen molar-refractivity contribution in [3.63, 3.8) is 0 Å². The largest absolute Gasteiger partial charge is 0.330 e. The van der Waals surface area contributed by atoms with E-state index >= 15 is 0 Å². The van der Waals surface area contributed by atoms with Crippen LogP contribution in [0.3, 0.4) is 0 Å². The lowest BCUT2D eigenvalue weighted by molar-refractivity contribution is -0.172. The summed E-state index contributed by atoms with van der Waals surface area (Å²) in [4.78, 5) is 16.5. The molecule has 7 heteroatoms. The van der Waals surface area contributed by atoms with Crippen LogP contribution in [0.25, 0.3) is 0 Å². The molecule has 3 aliphatic rings. The van der Waals surface area contributed by atoms with Gasteiger partial charge in [-0.05, 0) is 31.2 Å². The van der Waals surface area contributed by atoms with Crippen LogP contribution in [-0.4, -0.2) is 57.6 Å². The van der Waals surface area contributed by atoms with Crippen molar-refractivity contribution >= 4 is 5.91 Å². The second-order valence-electron chi connectivity index (χ2n) is 7.84. The molecule has 2 atom stereocenters. The fourth-order valence-electron chi connectivity index (χ4n) is 4.83. The Balaban J connectivity index is 1.41. The molecule has 1 aromatic rings. The fourth-order valence-corrected chi connectivity index (χ4v) is 4.83. The van der Waals surface area contributed by atoms with E-state index in [1.54, 1.807) is 4.68 Å². The van der Waals surface area contributed by atoms with Crippen molar-refractivity contribution in [3.8, 4) is 0 Å². The first-order valence-corrected chi connectivity index (χ1v) is 8.73. The summed E-state index contributed by atoms with van der Waals surface area (Å²) >= 11 is 0. The number of alkyl halides is 2. The summed E-state index contributed by atoms with van der Waals surface area (Å²) < 4.78 is 28.0. The first kappa shape index (κ1) is 16.0.